The lowest BCUT2D eigenvalue weighted by Crippen LogP contribution is -2.43. The maximum atomic E-state index is 12.7. The molecule has 0 saturated carbocycles. The molecule has 0 aromatic rings. The predicted molar refractivity (Wildman–Crippen MR) is 90.3 cm³/mol. The molecular weight excluding hydrogens is 288 g/mol. The Balaban J connectivity index is 2.02. The first-order chi connectivity index (χ1) is 9.49. The molecule has 0 aromatic carbocycles. The molecule has 20 heavy (non-hydrogen) atoms. The van der Waals surface area contributed by atoms with E-state index in [0.717, 1.165) is 13.0 Å². The summed E-state index contributed by atoms with van der Waals surface area (Å²) in [7, 11) is 0. The average molecular weight is 317 g/mol. The van der Waals surface area contributed by atoms with Crippen LogP contribution in [0.15, 0.2) is 0 Å². The van der Waals surface area contributed by atoms with E-state index in [1.165, 1.54) is 17.3 Å². The van der Waals surface area contributed by atoms with Crippen molar-refractivity contribution in [3.63, 3.8) is 0 Å². The molecule has 0 aromatic heterocycles. The molecule has 0 bridgehead atoms. The lowest BCUT2D eigenvalue weighted by molar-refractivity contribution is -0.130. The molecular formula is C15H28N2OS2. The van der Waals surface area contributed by atoms with Crippen molar-refractivity contribution in [1.29, 1.82) is 0 Å². The van der Waals surface area contributed by atoms with Gasteiger partial charge in [-0.2, -0.15) is 23.5 Å². The fraction of sp³-hybridized carbons (Fsp3) is 0.933. The standard InChI is InChI=1S/C15H28N2OS2/c1-10(2)7-13-16-14(11(3)4)15(18)17(13)8-12-9-19-5-6-20-12/h10-14,16H,5-9H2,1-4H3. The maximum absolute atomic E-state index is 12.7. The molecule has 2 aliphatic heterocycles. The van der Waals surface area contributed by atoms with Gasteiger partial charge in [-0.25, -0.2) is 0 Å². The summed E-state index contributed by atoms with van der Waals surface area (Å²) in [6.45, 7) is 9.66. The van der Waals surface area contributed by atoms with Crippen LogP contribution in [0.25, 0.3) is 0 Å². The summed E-state index contributed by atoms with van der Waals surface area (Å²) in [5.41, 5.74) is 0. The van der Waals surface area contributed by atoms with Crippen molar-refractivity contribution in [2.45, 2.75) is 51.6 Å². The number of thioether (sulfide) groups is 2. The van der Waals surface area contributed by atoms with E-state index < -0.39 is 0 Å². The number of hydrogen-bond acceptors (Lipinski definition) is 4. The van der Waals surface area contributed by atoms with Crippen molar-refractivity contribution in [2.75, 3.05) is 23.8 Å². The molecule has 2 rings (SSSR count). The van der Waals surface area contributed by atoms with Crippen LogP contribution in [0.3, 0.4) is 0 Å². The first kappa shape index (κ1) is 16.5. The van der Waals surface area contributed by atoms with Crippen molar-refractivity contribution in [1.82, 2.24) is 10.2 Å². The Kier molecular flexibility index (Phi) is 6.11. The number of hydrogen-bond donors (Lipinski definition) is 1. The summed E-state index contributed by atoms with van der Waals surface area (Å²) in [4.78, 5) is 14.8. The van der Waals surface area contributed by atoms with E-state index in [1.54, 1.807) is 0 Å². The number of rotatable bonds is 5. The second kappa shape index (κ2) is 7.41. The minimum Gasteiger partial charge on any atom is -0.325 e. The molecule has 0 spiro atoms. The van der Waals surface area contributed by atoms with Crippen molar-refractivity contribution >= 4 is 29.4 Å². The van der Waals surface area contributed by atoms with Gasteiger partial charge in [0.25, 0.3) is 0 Å². The number of nitrogens with zero attached hydrogens (tertiary/aromatic N) is 1. The minimum atomic E-state index is 0.0139. The van der Waals surface area contributed by atoms with Crippen molar-refractivity contribution in [3.05, 3.63) is 0 Å². The maximum Gasteiger partial charge on any atom is 0.241 e. The Bertz CT molecular complexity index is 330. The molecule has 1 amide bonds. The highest BCUT2D eigenvalue weighted by molar-refractivity contribution is 8.06. The summed E-state index contributed by atoms with van der Waals surface area (Å²) >= 11 is 4.07. The summed E-state index contributed by atoms with van der Waals surface area (Å²) in [6, 6.07) is 0.0139. The van der Waals surface area contributed by atoms with Gasteiger partial charge in [-0.3, -0.25) is 10.1 Å². The third-order valence-electron chi connectivity index (χ3n) is 3.94. The van der Waals surface area contributed by atoms with Crippen LogP contribution in [0.5, 0.6) is 0 Å². The SMILES string of the molecule is CC(C)CC1NC(C(C)C)C(=O)N1CC1CSCCS1. The molecule has 116 valence electrons. The van der Waals surface area contributed by atoms with Crippen LogP contribution in [0.4, 0.5) is 0 Å². The third-order valence-corrected chi connectivity index (χ3v) is 6.77. The average Bonchev–Trinajstić information content (AvgIpc) is 2.68. The quantitative estimate of drug-likeness (QED) is 0.845. The molecule has 2 fully saturated rings. The van der Waals surface area contributed by atoms with Gasteiger partial charge in [0.2, 0.25) is 5.91 Å². The van der Waals surface area contributed by atoms with Gasteiger partial charge in [-0.15, -0.1) is 0 Å². The number of nitrogens with one attached hydrogen (secondary N) is 1. The number of carbonyl (C=O) groups excluding carboxylic acids is 1. The second-order valence-electron chi connectivity index (χ2n) is 6.59. The van der Waals surface area contributed by atoms with Crippen LogP contribution >= 0.6 is 23.5 Å². The summed E-state index contributed by atoms with van der Waals surface area (Å²) in [6.07, 6.45) is 1.29. The van der Waals surface area contributed by atoms with E-state index in [1.807, 2.05) is 23.5 Å². The highest BCUT2D eigenvalue weighted by Crippen LogP contribution is 2.28. The van der Waals surface area contributed by atoms with Crippen LogP contribution in [-0.4, -0.2) is 52.1 Å². The fourth-order valence-corrected chi connectivity index (χ4v) is 5.56. The summed E-state index contributed by atoms with van der Waals surface area (Å²) in [5.74, 6) is 4.99. The van der Waals surface area contributed by atoms with E-state index >= 15 is 0 Å². The Morgan fingerprint density at radius 2 is 2.05 bits per heavy atom. The second-order valence-corrected chi connectivity index (χ2v) is 9.15. The molecule has 3 nitrogen and oxygen atoms in total. The van der Waals surface area contributed by atoms with Crippen LogP contribution in [0.2, 0.25) is 0 Å². The minimum absolute atomic E-state index is 0.0139. The first-order valence-electron chi connectivity index (χ1n) is 7.75. The Labute approximate surface area is 132 Å². The van der Waals surface area contributed by atoms with E-state index in [0.29, 0.717) is 23.0 Å². The highest BCUT2D eigenvalue weighted by atomic mass is 32.2. The van der Waals surface area contributed by atoms with Gasteiger partial charge >= 0.3 is 0 Å². The molecule has 1 N–H and O–H groups in total. The number of carbonyl (C=O) groups is 1. The lowest BCUT2D eigenvalue weighted by Gasteiger charge is -2.30. The highest BCUT2D eigenvalue weighted by Gasteiger charge is 2.41. The molecule has 0 aliphatic carbocycles. The lowest BCUT2D eigenvalue weighted by atomic mass is 10.0. The zero-order valence-electron chi connectivity index (χ0n) is 13.1. The monoisotopic (exact) mass is 316 g/mol. The zero-order valence-corrected chi connectivity index (χ0v) is 14.7. The predicted octanol–water partition coefficient (Wildman–Crippen LogP) is 2.66. The fourth-order valence-electron chi connectivity index (χ4n) is 2.90. The topological polar surface area (TPSA) is 32.3 Å². The van der Waals surface area contributed by atoms with Crippen LogP contribution in [0, 0.1) is 11.8 Å². The van der Waals surface area contributed by atoms with Gasteiger partial charge in [-0.1, -0.05) is 27.7 Å². The van der Waals surface area contributed by atoms with Gasteiger partial charge in [0.05, 0.1) is 12.2 Å². The molecule has 3 atom stereocenters. The molecule has 5 heteroatoms. The normalized spacial score (nSPS) is 31.6. The van der Waals surface area contributed by atoms with Gasteiger partial charge in [0.1, 0.15) is 0 Å². The van der Waals surface area contributed by atoms with Crippen LogP contribution in [0.1, 0.15) is 34.1 Å². The Morgan fingerprint density at radius 1 is 1.30 bits per heavy atom. The van der Waals surface area contributed by atoms with Crippen LogP contribution < -0.4 is 5.32 Å². The Hall–Kier alpha value is 0.130. The van der Waals surface area contributed by atoms with Crippen molar-refractivity contribution in [3.8, 4) is 0 Å². The van der Waals surface area contributed by atoms with Gasteiger partial charge in [0, 0.05) is 29.1 Å². The largest absolute Gasteiger partial charge is 0.325 e. The van der Waals surface area contributed by atoms with E-state index in [2.05, 4.69) is 37.9 Å². The molecule has 3 unspecified atom stereocenters. The zero-order chi connectivity index (χ0) is 14.7. The van der Waals surface area contributed by atoms with E-state index in [9.17, 15) is 4.79 Å². The van der Waals surface area contributed by atoms with Gasteiger partial charge in [-0.05, 0) is 18.3 Å². The molecule has 2 heterocycles. The molecule has 2 saturated heterocycles. The van der Waals surface area contributed by atoms with Gasteiger partial charge in [0.15, 0.2) is 0 Å². The first-order valence-corrected chi connectivity index (χ1v) is 9.95. The summed E-state index contributed by atoms with van der Waals surface area (Å²) < 4.78 is 0. The van der Waals surface area contributed by atoms with E-state index in [4.69, 9.17) is 0 Å². The summed E-state index contributed by atoms with van der Waals surface area (Å²) in [5, 5.41) is 4.18. The van der Waals surface area contributed by atoms with Crippen LogP contribution in [-0.2, 0) is 4.79 Å². The van der Waals surface area contributed by atoms with Crippen molar-refractivity contribution < 1.29 is 4.79 Å². The van der Waals surface area contributed by atoms with Gasteiger partial charge < -0.3 is 4.90 Å². The molecule has 2 aliphatic rings. The smallest absolute Gasteiger partial charge is 0.241 e. The number of amides is 1. The Morgan fingerprint density at radius 3 is 2.60 bits per heavy atom. The molecule has 0 radical (unpaired) electrons. The van der Waals surface area contributed by atoms with Crippen molar-refractivity contribution in [2.24, 2.45) is 11.8 Å². The third kappa shape index (κ3) is 4.08. The van der Waals surface area contributed by atoms with E-state index in [-0.39, 0.29) is 12.2 Å².